The van der Waals surface area contributed by atoms with E-state index in [0.717, 1.165) is 7.11 Å². The van der Waals surface area contributed by atoms with E-state index in [9.17, 15) is 19.2 Å². The molecule has 2 aliphatic heterocycles. The third-order valence-electron chi connectivity index (χ3n) is 6.13. The van der Waals surface area contributed by atoms with Crippen molar-refractivity contribution in [3.8, 4) is 0 Å². The Hall–Kier alpha value is -3.62. The maximum Gasteiger partial charge on any atom is 0.340 e. The maximum atomic E-state index is 14.1. The second-order valence-electron chi connectivity index (χ2n) is 8.81. The Morgan fingerprint density at radius 2 is 1.81 bits per heavy atom. The van der Waals surface area contributed by atoms with Gasteiger partial charge in [-0.1, -0.05) is 32.0 Å². The summed E-state index contributed by atoms with van der Waals surface area (Å²) in [7, 11) is 2.37. The minimum atomic E-state index is -1.87. The number of esters is 2. The van der Waals surface area contributed by atoms with E-state index < -0.39 is 35.2 Å². The van der Waals surface area contributed by atoms with Crippen LogP contribution in [0.5, 0.6) is 0 Å². The number of nitrogens with two attached hydrogens (primary N) is 1. The Bertz CT molecular complexity index is 1130. The molecule has 0 bridgehead atoms. The second kappa shape index (κ2) is 7.22. The molecule has 2 N–H and O–H groups in total. The summed E-state index contributed by atoms with van der Waals surface area (Å²) in [6.45, 7) is 3.43. The number of carbonyl (C=O) groups is 4. The molecule has 168 valence electrons. The number of ether oxygens (including phenoxy) is 3. The molecular formula is C23H24N2O7. The molecule has 9 heteroatoms. The molecule has 2 heterocycles. The summed E-state index contributed by atoms with van der Waals surface area (Å²) >= 11 is 0. The van der Waals surface area contributed by atoms with Gasteiger partial charge in [0.15, 0.2) is 5.78 Å². The van der Waals surface area contributed by atoms with Crippen molar-refractivity contribution in [2.75, 3.05) is 25.7 Å². The van der Waals surface area contributed by atoms with Crippen LogP contribution in [0.3, 0.4) is 0 Å². The number of hydrogen-bond donors (Lipinski definition) is 1. The van der Waals surface area contributed by atoms with Crippen LogP contribution >= 0.6 is 0 Å². The maximum absolute atomic E-state index is 14.1. The summed E-state index contributed by atoms with van der Waals surface area (Å²) in [4.78, 5) is 53.9. The van der Waals surface area contributed by atoms with Gasteiger partial charge in [0.2, 0.25) is 11.8 Å². The van der Waals surface area contributed by atoms with Crippen molar-refractivity contribution in [2.45, 2.75) is 32.1 Å². The van der Waals surface area contributed by atoms with Crippen molar-refractivity contribution < 1.29 is 33.4 Å². The normalized spacial score (nSPS) is 23.7. The first kappa shape index (κ1) is 21.6. The number of para-hydroxylation sites is 1. The largest absolute Gasteiger partial charge is 0.468 e. The number of methoxy groups -OCH3 is 2. The summed E-state index contributed by atoms with van der Waals surface area (Å²) in [5.41, 5.74) is 4.44. The third kappa shape index (κ3) is 2.84. The molecule has 1 aromatic carbocycles. The van der Waals surface area contributed by atoms with E-state index in [2.05, 4.69) is 0 Å². The number of ketones is 1. The lowest BCUT2D eigenvalue weighted by Gasteiger charge is -2.42. The summed E-state index contributed by atoms with van der Waals surface area (Å²) in [6, 6.07) is 6.67. The molecule has 0 aromatic heterocycles. The molecule has 4 rings (SSSR count). The molecule has 1 aliphatic carbocycles. The smallest absolute Gasteiger partial charge is 0.340 e. The predicted molar refractivity (Wildman–Crippen MR) is 112 cm³/mol. The van der Waals surface area contributed by atoms with Crippen LogP contribution in [0.1, 0.15) is 32.3 Å². The zero-order valence-corrected chi connectivity index (χ0v) is 18.3. The van der Waals surface area contributed by atoms with Crippen molar-refractivity contribution in [1.82, 2.24) is 0 Å². The Morgan fingerprint density at radius 1 is 1.12 bits per heavy atom. The summed E-state index contributed by atoms with van der Waals surface area (Å²) in [5, 5.41) is 0. The minimum absolute atomic E-state index is 0.0660. The van der Waals surface area contributed by atoms with Crippen LogP contribution < -0.4 is 10.6 Å². The van der Waals surface area contributed by atoms with Gasteiger partial charge in [-0.15, -0.1) is 0 Å². The quantitative estimate of drug-likeness (QED) is 0.701. The molecule has 9 nitrogen and oxygen atoms in total. The van der Waals surface area contributed by atoms with Gasteiger partial charge in [0.05, 0.1) is 19.8 Å². The SMILES string of the molecule is COC(=O)CN1C(=O)[C@@]2(C(C(=O)OC)=C(N)OC3=C2C(=O)CC(C)(C)C3)c2ccccc21. The van der Waals surface area contributed by atoms with Gasteiger partial charge in [-0.3, -0.25) is 19.3 Å². The molecule has 0 fully saturated rings. The highest BCUT2D eigenvalue weighted by Gasteiger charge is 2.64. The molecule has 32 heavy (non-hydrogen) atoms. The van der Waals surface area contributed by atoms with Gasteiger partial charge in [-0.05, 0) is 11.5 Å². The molecule has 0 saturated heterocycles. The fourth-order valence-corrected chi connectivity index (χ4v) is 4.91. The van der Waals surface area contributed by atoms with Crippen LogP contribution in [-0.4, -0.2) is 44.4 Å². The number of hydrogen-bond acceptors (Lipinski definition) is 8. The van der Waals surface area contributed by atoms with Gasteiger partial charge < -0.3 is 19.9 Å². The number of rotatable bonds is 3. The molecule has 1 aromatic rings. The van der Waals surface area contributed by atoms with Crippen LogP contribution in [0, 0.1) is 5.41 Å². The van der Waals surface area contributed by atoms with E-state index in [0.29, 0.717) is 17.7 Å². The number of carbonyl (C=O) groups excluding carboxylic acids is 4. The molecule has 0 unspecified atom stereocenters. The van der Waals surface area contributed by atoms with Crippen molar-refractivity contribution in [3.63, 3.8) is 0 Å². The number of anilines is 1. The highest BCUT2D eigenvalue weighted by Crippen LogP contribution is 2.57. The van der Waals surface area contributed by atoms with E-state index in [1.165, 1.54) is 12.0 Å². The molecule has 0 saturated carbocycles. The lowest BCUT2D eigenvalue weighted by Crippen LogP contribution is -2.52. The summed E-state index contributed by atoms with van der Waals surface area (Å²) < 4.78 is 15.5. The minimum Gasteiger partial charge on any atom is -0.468 e. The first-order chi connectivity index (χ1) is 15.1. The molecular weight excluding hydrogens is 416 g/mol. The fraction of sp³-hybridized carbons (Fsp3) is 0.391. The van der Waals surface area contributed by atoms with E-state index in [-0.39, 0.29) is 35.0 Å². The van der Waals surface area contributed by atoms with E-state index in [1.807, 2.05) is 13.8 Å². The van der Waals surface area contributed by atoms with E-state index in [4.69, 9.17) is 19.9 Å². The van der Waals surface area contributed by atoms with Gasteiger partial charge in [-0.2, -0.15) is 0 Å². The van der Waals surface area contributed by atoms with E-state index >= 15 is 0 Å². The zero-order chi connectivity index (χ0) is 23.4. The number of nitrogens with zero attached hydrogens (tertiary/aromatic N) is 1. The first-order valence-electron chi connectivity index (χ1n) is 10.1. The highest BCUT2D eigenvalue weighted by molar-refractivity contribution is 6.24. The average molecular weight is 440 g/mol. The monoisotopic (exact) mass is 440 g/mol. The van der Waals surface area contributed by atoms with Gasteiger partial charge >= 0.3 is 11.9 Å². The van der Waals surface area contributed by atoms with Gasteiger partial charge in [-0.25, -0.2) is 4.79 Å². The van der Waals surface area contributed by atoms with Crippen molar-refractivity contribution in [3.05, 3.63) is 52.6 Å². The van der Waals surface area contributed by atoms with Crippen LogP contribution in [0.25, 0.3) is 0 Å². The average Bonchev–Trinajstić information content (AvgIpc) is 2.95. The van der Waals surface area contributed by atoms with Crippen LogP contribution in [0.4, 0.5) is 5.69 Å². The zero-order valence-electron chi connectivity index (χ0n) is 18.3. The van der Waals surface area contributed by atoms with Crippen LogP contribution in [-0.2, 0) is 38.8 Å². The third-order valence-corrected chi connectivity index (χ3v) is 6.13. The topological polar surface area (TPSA) is 125 Å². The Kier molecular flexibility index (Phi) is 4.87. The second-order valence-corrected chi connectivity index (χ2v) is 8.81. The number of amides is 1. The van der Waals surface area contributed by atoms with Crippen molar-refractivity contribution in [2.24, 2.45) is 11.1 Å². The number of allylic oxidation sites excluding steroid dienone is 1. The van der Waals surface area contributed by atoms with E-state index in [1.54, 1.807) is 24.3 Å². The van der Waals surface area contributed by atoms with Gasteiger partial charge in [0.1, 0.15) is 23.3 Å². The first-order valence-corrected chi connectivity index (χ1v) is 10.1. The standard InChI is InChI=1S/C23H24N2O7/c1-22(2)9-14(26)17-15(10-22)32-19(24)18(20(28)31-4)23(17)12-7-5-6-8-13(12)25(21(23)29)11-16(27)30-3/h5-8H,9-11,24H2,1-4H3/t23-/m0/s1. The number of benzene rings is 1. The Morgan fingerprint density at radius 3 is 2.47 bits per heavy atom. The Balaban J connectivity index is 2.07. The summed E-state index contributed by atoms with van der Waals surface area (Å²) in [5.74, 6) is -2.58. The summed E-state index contributed by atoms with van der Waals surface area (Å²) in [6.07, 6.45) is 0.495. The van der Waals surface area contributed by atoms with Crippen molar-refractivity contribution >= 4 is 29.3 Å². The van der Waals surface area contributed by atoms with Crippen molar-refractivity contribution in [1.29, 1.82) is 0 Å². The predicted octanol–water partition coefficient (Wildman–Crippen LogP) is 1.46. The molecule has 1 amide bonds. The molecule has 0 radical (unpaired) electrons. The number of Topliss-reactive ketones (excluding diaryl/α,β-unsaturated/α-hetero) is 1. The van der Waals surface area contributed by atoms with Crippen LogP contribution in [0.15, 0.2) is 47.1 Å². The lowest BCUT2D eigenvalue weighted by atomic mass is 9.62. The fourth-order valence-electron chi connectivity index (χ4n) is 4.91. The van der Waals surface area contributed by atoms with Crippen LogP contribution in [0.2, 0.25) is 0 Å². The highest BCUT2D eigenvalue weighted by atomic mass is 16.5. The lowest BCUT2D eigenvalue weighted by molar-refractivity contribution is -0.140. The molecule has 1 atom stereocenters. The van der Waals surface area contributed by atoms with Gasteiger partial charge in [0.25, 0.3) is 0 Å². The van der Waals surface area contributed by atoms with Gasteiger partial charge in [0, 0.05) is 24.1 Å². The molecule has 3 aliphatic rings. The Labute approximate surface area is 184 Å². The molecule has 1 spiro atoms. The number of fused-ring (bicyclic) bond motifs is 3.